The molecule has 2 amide bonds. The SMILES string of the molecule is Cc1nc([C@@H]2CCCN2C(=O)Nc2ccc(C(=O)OC3CCCC3)cc2)n[nH]1. The Hall–Kier alpha value is -2.90. The molecule has 4 rings (SSSR count). The number of H-pyrrole nitrogens is 1. The minimum atomic E-state index is -0.302. The summed E-state index contributed by atoms with van der Waals surface area (Å²) < 4.78 is 5.51. The molecule has 1 aromatic carbocycles. The van der Waals surface area contributed by atoms with Gasteiger partial charge in [-0.3, -0.25) is 5.10 Å². The second-order valence-corrected chi connectivity index (χ2v) is 7.45. The smallest absolute Gasteiger partial charge is 0.338 e. The summed E-state index contributed by atoms with van der Waals surface area (Å²) >= 11 is 0. The van der Waals surface area contributed by atoms with E-state index in [-0.39, 0.29) is 24.1 Å². The van der Waals surface area contributed by atoms with Crippen molar-refractivity contribution in [3.05, 3.63) is 41.5 Å². The standard InChI is InChI=1S/C20H25N5O3/c1-13-21-18(24-23-13)17-7-4-12-25(17)20(27)22-15-10-8-14(9-11-15)19(26)28-16-5-2-3-6-16/h8-11,16-17H,2-7,12H2,1H3,(H,22,27)(H,21,23,24)/t17-/m0/s1. The van der Waals surface area contributed by atoms with Crippen molar-refractivity contribution in [1.82, 2.24) is 20.1 Å². The third kappa shape index (κ3) is 4.00. The zero-order chi connectivity index (χ0) is 19.5. The molecule has 1 aromatic heterocycles. The van der Waals surface area contributed by atoms with Gasteiger partial charge in [0.05, 0.1) is 11.6 Å². The molecule has 1 atom stereocenters. The van der Waals surface area contributed by atoms with E-state index in [0.29, 0.717) is 23.6 Å². The molecular weight excluding hydrogens is 358 g/mol. The summed E-state index contributed by atoms with van der Waals surface area (Å²) in [7, 11) is 0. The summed E-state index contributed by atoms with van der Waals surface area (Å²) in [5.41, 5.74) is 1.14. The Morgan fingerprint density at radius 3 is 2.57 bits per heavy atom. The van der Waals surface area contributed by atoms with Gasteiger partial charge in [-0.15, -0.1) is 0 Å². The Bertz CT molecular complexity index is 842. The number of hydrogen-bond donors (Lipinski definition) is 2. The van der Waals surface area contributed by atoms with Gasteiger partial charge in [0, 0.05) is 12.2 Å². The summed E-state index contributed by atoms with van der Waals surface area (Å²) in [6.45, 7) is 2.50. The van der Waals surface area contributed by atoms with Crippen molar-refractivity contribution in [3.8, 4) is 0 Å². The lowest BCUT2D eigenvalue weighted by atomic mass is 10.2. The Morgan fingerprint density at radius 1 is 1.14 bits per heavy atom. The number of aromatic amines is 1. The fourth-order valence-electron chi connectivity index (χ4n) is 3.90. The highest BCUT2D eigenvalue weighted by molar-refractivity contribution is 5.92. The molecule has 1 saturated heterocycles. The summed E-state index contributed by atoms with van der Waals surface area (Å²) in [5.74, 6) is 1.09. The van der Waals surface area contributed by atoms with Crippen molar-refractivity contribution in [2.75, 3.05) is 11.9 Å². The zero-order valence-electron chi connectivity index (χ0n) is 16.0. The quantitative estimate of drug-likeness (QED) is 0.786. The maximum Gasteiger partial charge on any atom is 0.338 e. The number of nitrogens with zero attached hydrogens (tertiary/aromatic N) is 3. The molecule has 2 heterocycles. The minimum Gasteiger partial charge on any atom is -0.459 e. The van der Waals surface area contributed by atoms with E-state index >= 15 is 0 Å². The lowest BCUT2D eigenvalue weighted by molar-refractivity contribution is 0.0318. The Morgan fingerprint density at radius 2 is 1.89 bits per heavy atom. The average molecular weight is 383 g/mol. The molecule has 2 aliphatic rings. The Kier molecular flexibility index (Phi) is 5.27. The number of esters is 1. The van der Waals surface area contributed by atoms with Gasteiger partial charge in [0.25, 0.3) is 0 Å². The van der Waals surface area contributed by atoms with Gasteiger partial charge in [0.2, 0.25) is 0 Å². The third-order valence-corrected chi connectivity index (χ3v) is 5.37. The largest absolute Gasteiger partial charge is 0.459 e. The van der Waals surface area contributed by atoms with Gasteiger partial charge in [-0.2, -0.15) is 5.10 Å². The second-order valence-electron chi connectivity index (χ2n) is 7.45. The van der Waals surface area contributed by atoms with Gasteiger partial charge in [-0.1, -0.05) is 0 Å². The molecule has 0 unspecified atom stereocenters. The van der Waals surface area contributed by atoms with Crippen molar-refractivity contribution in [2.45, 2.75) is 57.6 Å². The van der Waals surface area contributed by atoms with E-state index in [1.165, 1.54) is 0 Å². The summed E-state index contributed by atoms with van der Waals surface area (Å²) in [6, 6.07) is 6.52. The first-order valence-electron chi connectivity index (χ1n) is 9.88. The summed E-state index contributed by atoms with van der Waals surface area (Å²) in [5, 5.41) is 9.93. The molecular formula is C20H25N5O3. The van der Waals surface area contributed by atoms with E-state index in [1.807, 2.05) is 6.92 Å². The van der Waals surface area contributed by atoms with Gasteiger partial charge in [-0.25, -0.2) is 14.6 Å². The van der Waals surface area contributed by atoms with Crippen LogP contribution >= 0.6 is 0 Å². The number of rotatable bonds is 4. The van der Waals surface area contributed by atoms with Crippen molar-refractivity contribution in [3.63, 3.8) is 0 Å². The van der Waals surface area contributed by atoms with Gasteiger partial charge in [0.15, 0.2) is 5.82 Å². The predicted molar refractivity (Wildman–Crippen MR) is 103 cm³/mol. The molecule has 28 heavy (non-hydrogen) atoms. The number of anilines is 1. The van der Waals surface area contributed by atoms with E-state index in [4.69, 9.17) is 4.74 Å². The number of likely N-dealkylation sites (tertiary alicyclic amines) is 1. The van der Waals surface area contributed by atoms with Crippen molar-refractivity contribution in [1.29, 1.82) is 0 Å². The first-order valence-corrected chi connectivity index (χ1v) is 9.88. The first-order chi connectivity index (χ1) is 13.6. The van der Waals surface area contributed by atoms with E-state index in [9.17, 15) is 9.59 Å². The van der Waals surface area contributed by atoms with Gasteiger partial charge in [-0.05, 0) is 69.7 Å². The highest BCUT2D eigenvalue weighted by atomic mass is 16.5. The van der Waals surface area contributed by atoms with Gasteiger partial charge < -0.3 is 15.0 Å². The molecule has 1 aliphatic heterocycles. The van der Waals surface area contributed by atoms with E-state index < -0.39 is 0 Å². The van der Waals surface area contributed by atoms with Crippen molar-refractivity contribution < 1.29 is 14.3 Å². The molecule has 0 radical (unpaired) electrons. The molecule has 2 aromatic rings. The number of urea groups is 1. The fourth-order valence-corrected chi connectivity index (χ4v) is 3.90. The van der Waals surface area contributed by atoms with Crippen LogP contribution in [0.5, 0.6) is 0 Å². The van der Waals surface area contributed by atoms with Crippen LogP contribution < -0.4 is 5.32 Å². The average Bonchev–Trinajstić information content (AvgIpc) is 3.43. The van der Waals surface area contributed by atoms with Crippen LogP contribution in [0.3, 0.4) is 0 Å². The number of amides is 2. The van der Waals surface area contributed by atoms with E-state index in [2.05, 4.69) is 20.5 Å². The van der Waals surface area contributed by atoms with Crippen LogP contribution in [0, 0.1) is 6.92 Å². The van der Waals surface area contributed by atoms with Crippen LogP contribution in [0.2, 0.25) is 0 Å². The lowest BCUT2D eigenvalue weighted by Crippen LogP contribution is -2.34. The number of benzene rings is 1. The van der Waals surface area contributed by atoms with Crippen LogP contribution in [-0.2, 0) is 4.74 Å². The number of ether oxygens (including phenoxy) is 1. The van der Waals surface area contributed by atoms with Crippen LogP contribution in [-0.4, -0.2) is 44.7 Å². The number of carbonyl (C=O) groups excluding carboxylic acids is 2. The number of hydrogen-bond acceptors (Lipinski definition) is 5. The predicted octanol–water partition coefficient (Wildman–Crippen LogP) is 3.58. The highest BCUT2D eigenvalue weighted by Gasteiger charge is 2.32. The van der Waals surface area contributed by atoms with Gasteiger partial charge in [0.1, 0.15) is 11.9 Å². The maximum absolute atomic E-state index is 12.7. The summed E-state index contributed by atoms with van der Waals surface area (Å²) in [4.78, 5) is 31.0. The van der Waals surface area contributed by atoms with Crippen molar-refractivity contribution in [2.24, 2.45) is 0 Å². The second kappa shape index (κ2) is 8.00. The van der Waals surface area contributed by atoms with E-state index in [0.717, 1.165) is 44.3 Å². The minimum absolute atomic E-state index is 0.0401. The third-order valence-electron chi connectivity index (χ3n) is 5.37. The van der Waals surface area contributed by atoms with Crippen LogP contribution in [0.1, 0.15) is 66.6 Å². The maximum atomic E-state index is 12.7. The number of nitrogens with one attached hydrogen (secondary N) is 2. The van der Waals surface area contributed by atoms with Crippen molar-refractivity contribution >= 4 is 17.7 Å². The zero-order valence-corrected chi connectivity index (χ0v) is 16.0. The molecule has 8 nitrogen and oxygen atoms in total. The number of aryl methyl sites for hydroxylation is 1. The Balaban J connectivity index is 1.37. The summed E-state index contributed by atoms with van der Waals surface area (Å²) in [6.07, 6.45) is 5.93. The molecule has 2 fully saturated rings. The molecule has 2 N–H and O–H groups in total. The molecule has 0 spiro atoms. The highest BCUT2D eigenvalue weighted by Crippen LogP contribution is 2.30. The molecule has 1 saturated carbocycles. The molecule has 148 valence electrons. The lowest BCUT2D eigenvalue weighted by Gasteiger charge is -2.23. The van der Waals surface area contributed by atoms with Crippen LogP contribution in [0.4, 0.5) is 10.5 Å². The van der Waals surface area contributed by atoms with Crippen LogP contribution in [0.25, 0.3) is 0 Å². The molecule has 8 heteroatoms. The number of aromatic nitrogens is 3. The normalized spacial score (nSPS) is 19.8. The first kappa shape index (κ1) is 18.5. The van der Waals surface area contributed by atoms with Crippen LogP contribution in [0.15, 0.2) is 24.3 Å². The van der Waals surface area contributed by atoms with E-state index in [1.54, 1.807) is 29.2 Å². The molecule has 1 aliphatic carbocycles. The topological polar surface area (TPSA) is 100 Å². The fraction of sp³-hybridized carbons (Fsp3) is 0.500. The Labute approximate surface area is 163 Å². The van der Waals surface area contributed by atoms with Gasteiger partial charge >= 0.3 is 12.0 Å². The molecule has 0 bridgehead atoms. The monoisotopic (exact) mass is 383 g/mol. The number of carbonyl (C=O) groups is 2.